The number of nitrogens with zero attached hydrogens (tertiary/aromatic N) is 1. The van der Waals surface area contributed by atoms with Crippen molar-refractivity contribution in [3.8, 4) is 0 Å². The van der Waals surface area contributed by atoms with Gasteiger partial charge < -0.3 is 21.3 Å². The number of carbonyl (C=O) groups is 3. The first kappa shape index (κ1) is 18.4. The van der Waals surface area contributed by atoms with Crippen molar-refractivity contribution in [3.63, 3.8) is 0 Å². The van der Waals surface area contributed by atoms with Crippen molar-refractivity contribution >= 4 is 29.2 Å². The Labute approximate surface area is 157 Å². The summed E-state index contributed by atoms with van der Waals surface area (Å²) in [5.41, 5.74) is 7.82. The van der Waals surface area contributed by atoms with Crippen molar-refractivity contribution in [1.29, 1.82) is 0 Å². The van der Waals surface area contributed by atoms with Crippen LogP contribution >= 0.6 is 0 Å². The van der Waals surface area contributed by atoms with Crippen molar-refractivity contribution < 1.29 is 14.4 Å². The van der Waals surface area contributed by atoms with E-state index in [4.69, 9.17) is 5.73 Å². The zero-order chi connectivity index (χ0) is 19.4. The molecule has 1 fully saturated rings. The minimum Gasteiger partial charge on any atom is -0.351 e. The average Bonchev–Trinajstić information content (AvgIpc) is 2.64. The molecule has 0 spiro atoms. The number of piperidine rings is 1. The first-order valence-corrected chi connectivity index (χ1v) is 8.79. The summed E-state index contributed by atoms with van der Waals surface area (Å²) in [7, 11) is 0. The van der Waals surface area contributed by atoms with E-state index in [0.29, 0.717) is 24.2 Å². The quantitative estimate of drug-likeness (QED) is 0.774. The lowest BCUT2D eigenvalue weighted by molar-refractivity contribution is -0.121. The molecule has 1 saturated heterocycles. The lowest BCUT2D eigenvalue weighted by atomic mass is 10.0. The third kappa shape index (κ3) is 4.44. The molecule has 0 bridgehead atoms. The van der Waals surface area contributed by atoms with Gasteiger partial charge in [0, 0.05) is 23.5 Å². The van der Waals surface area contributed by atoms with Crippen LogP contribution in [0.15, 0.2) is 48.5 Å². The predicted molar refractivity (Wildman–Crippen MR) is 104 cm³/mol. The minimum absolute atomic E-state index is 0.120. The summed E-state index contributed by atoms with van der Waals surface area (Å²) in [6.07, 6.45) is 1.39. The number of urea groups is 1. The van der Waals surface area contributed by atoms with Gasteiger partial charge in [-0.2, -0.15) is 0 Å². The van der Waals surface area contributed by atoms with Crippen molar-refractivity contribution in [1.82, 2.24) is 5.32 Å². The van der Waals surface area contributed by atoms with Crippen molar-refractivity contribution in [2.24, 2.45) is 5.73 Å². The van der Waals surface area contributed by atoms with E-state index in [9.17, 15) is 14.4 Å². The molecule has 0 saturated carbocycles. The minimum atomic E-state index is -0.705. The fraction of sp³-hybridized carbons (Fsp3) is 0.250. The molecule has 1 unspecified atom stereocenters. The van der Waals surface area contributed by atoms with Gasteiger partial charge in [-0.25, -0.2) is 4.79 Å². The highest BCUT2D eigenvalue weighted by Gasteiger charge is 2.31. The summed E-state index contributed by atoms with van der Waals surface area (Å²) in [6.45, 7) is 2.62. The maximum atomic E-state index is 12.8. The SMILES string of the molecule is Cc1ccc(N2CCCC(NC(=O)c3cccc(NC(N)=O)c3)C2=O)cc1. The lowest BCUT2D eigenvalue weighted by Crippen LogP contribution is -2.52. The number of primary amides is 1. The molecular weight excluding hydrogens is 344 g/mol. The fourth-order valence-corrected chi connectivity index (χ4v) is 3.11. The van der Waals surface area contributed by atoms with Gasteiger partial charge in [0.05, 0.1) is 0 Å². The topological polar surface area (TPSA) is 105 Å². The lowest BCUT2D eigenvalue weighted by Gasteiger charge is -2.32. The highest BCUT2D eigenvalue weighted by Crippen LogP contribution is 2.22. The third-order valence-electron chi connectivity index (χ3n) is 4.48. The summed E-state index contributed by atoms with van der Waals surface area (Å²) in [5.74, 6) is -0.489. The van der Waals surface area contributed by atoms with Crippen LogP contribution in [0.25, 0.3) is 0 Å². The number of carbonyl (C=O) groups excluding carboxylic acids is 3. The Morgan fingerprint density at radius 1 is 1.15 bits per heavy atom. The molecule has 2 aromatic carbocycles. The Hall–Kier alpha value is -3.35. The zero-order valence-corrected chi connectivity index (χ0v) is 15.1. The number of amides is 4. The largest absolute Gasteiger partial charge is 0.351 e. The smallest absolute Gasteiger partial charge is 0.316 e. The van der Waals surface area contributed by atoms with E-state index in [0.717, 1.165) is 17.7 Å². The number of rotatable bonds is 4. The number of nitrogens with one attached hydrogen (secondary N) is 2. The molecule has 7 nitrogen and oxygen atoms in total. The molecule has 4 N–H and O–H groups in total. The second-order valence-corrected chi connectivity index (χ2v) is 6.56. The molecule has 1 aliphatic heterocycles. The van der Waals surface area contributed by atoms with E-state index in [1.807, 2.05) is 31.2 Å². The Morgan fingerprint density at radius 2 is 1.89 bits per heavy atom. The molecule has 1 heterocycles. The second kappa shape index (κ2) is 7.90. The van der Waals surface area contributed by atoms with Gasteiger partial charge in [0.15, 0.2) is 0 Å². The van der Waals surface area contributed by atoms with Gasteiger partial charge in [-0.15, -0.1) is 0 Å². The molecule has 2 aromatic rings. The normalized spacial score (nSPS) is 16.7. The summed E-state index contributed by atoms with van der Waals surface area (Å²) in [5, 5.41) is 5.23. The number of benzene rings is 2. The summed E-state index contributed by atoms with van der Waals surface area (Å²) in [4.78, 5) is 38.1. The predicted octanol–water partition coefficient (Wildman–Crippen LogP) is 2.41. The number of anilines is 2. The molecule has 140 valence electrons. The van der Waals surface area contributed by atoms with E-state index in [-0.39, 0.29) is 11.8 Å². The first-order valence-electron chi connectivity index (χ1n) is 8.79. The van der Waals surface area contributed by atoms with Crippen molar-refractivity contribution in [2.75, 3.05) is 16.8 Å². The van der Waals surface area contributed by atoms with E-state index in [1.54, 1.807) is 23.1 Å². The summed E-state index contributed by atoms with van der Waals surface area (Å²) >= 11 is 0. The van der Waals surface area contributed by atoms with Gasteiger partial charge in [0.2, 0.25) is 5.91 Å². The van der Waals surface area contributed by atoms with Gasteiger partial charge in [0.25, 0.3) is 5.91 Å². The average molecular weight is 366 g/mol. The summed E-state index contributed by atoms with van der Waals surface area (Å²) in [6, 6.07) is 12.9. The van der Waals surface area contributed by atoms with Crippen LogP contribution in [0.2, 0.25) is 0 Å². The fourth-order valence-electron chi connectivity index (χ4n) is 3.11. The van der Waals surface area contributed by atoms with Crippen molar-refractivity contribution in [3.05, 3.63) is 59.7 Å². The molecule has 0 radical (unpaired) electrons. The second-order valence-electron chi connectivity index (χ2n) is 6.56. The molecule has 27 heavy (non-hydrogen) atoms. The van der Waals surface area contributed by atoms with Gasteiger partial charge in [-0.3, -0.25) is 9.59 Å². The zero-order valence-electron chi connectivity index (χ0n) is 15.1. The van der Waals surface area contributed by atoms with Crippen LogP contribution in [0, 0.1) is 6.92 Å². The Morgan fingerprint density at radius 3 is 2.59 bits per heavy atom. The molecule has 0 aromatic heterocycles. The highest BCUT2D eigenvalue weighted by atomic mass is 16.2. The molecule has 1 aliphatic rings. The first-order chi connectivity index (χ1) is 12.9. The van der Waals surface area contributed by atoms with Gasteiger partial charge in [0.1, 0.15) is 6.04 Å². The van der Waals surface area contributed by atoms with Gasteiger partial charge in [-0.05, 0) is 50.1 Å². The monoisotopic (exact) mass is 366 g/mol. The van der Waals surface area contributed by atoms with Crippen LogP contribution < -0.4 is 21.3 Å². The Balaban J connectivity index is 1.71. The van der Waals surface area contributed by atoms with Gasteiger partial charge in [-0.1, -0.05) is 23.8 Å². The van der Waals surface area contributed by atoms with Crippen LogP contribution in [-0.4, -0.2) is 30.4 Å². The van der Waals surface area contributed by atoms with E-state index >= 15 is 0 Å². The van der Waals surface area contributed by atoms with Crippen molar-refractivity contribution in [2.45, 2.75) is 25.8 Å². The van der Waals surface area contributed by atoms with Crippen LogP contribution in [0.5, 0.6) is 0 Å². The Kier molecular flexibility index (Phi) is 5.40. The molecule has 3 rings (SSSR count). The molecule has 1 atom stereocenters. The van der Waals surface area contributed by atoms with Gasteiger partial charge >= 0.3 is 6.03 Å². The van der Waals surface area contributed by atoms with Crippen LogP contribution in [-0.2, 0) is 4.79 Å². The van der Waals surface area contributed by atoms with E-state index in [1.165, 1.54) is 6.07 Å². The maximum absolute atomic E-state index is 12.8. The Bertz CT molecular complexity index is 864. The molecular formula is C20H22N4O3. The van der Waals surface area contributed by atoms with Crippen LogP contribution in [0.3, 0.4) is 0 Å². The third-order valence-corrected chi connectivity index (χ3v) is 4.48. The number of aryl methyl sites for hydroxylation is 1. The van der Waals surface area contributed by atoms with Crippen LogP contribution in [0.1, 0.15) is 28.8 Å². The molecule has 0 aliphatic carbocycles. The number of hydrogen-bond acceptors (Lipinski definition) is 3. The summed E-state index contributed by atoms with van der Waals surface area (Å²) < 4.78 is 0. The molecule has 4 amide bonds. The van der Waals surface area contributed by atoms with E-state index < -0.39 is 12.1 Å². The number of nitrogens with two attached hydrogens (primary N) is 1. The highest BCUT2D eigenvalue weighted by molar-refractivity contribution is 6.03. The number of hydrogen-bond donors (Lipinski definition) is 3. The standard InChI is InChI=1S/C20H22N4O3/c1-13-7-9-16(10-8-13)24-11-3-6-17(19(24)26)23-18(25)14-4-2-5-15(12-14)22-20(21)27/h2,4-5,7-10,12,17H,3,6,11H2,1H3,(H,23,25)(H3,21,22,27). The van der Waals surface area contributed by atoms with E-state index in [2.05, 4.69) is 10.6 Å². The molecule has 7 heteroatoms. The van der Waals surface area contributed by atoms with Crippen LogP contribution in [0.4, 0.5) is 16.2 Å². The maximum Gasteiger partial charge on any atom is 0.316 e.